The van der Waals surface area contributed by atoms with Gasteiger partial charge in [0.1, 0.15) is 0 Å². The first-order valence-corrected chi connectivity index (χ1v) is 7.21. The molecule has 1 rings (SSSR count). The van der Waals surface area contributed by atoms with Crippen molar-refractivity contribution in [1.82, 2.24) is 4.90 Å². The Morgan fingerprint density at radius 3 is 2.44 bits per heavy atom. The van der Waals surface area contributed by atoms with Gasteiger partial charge in [-0.2, -0.15) is 0 Å². The van der Waals surface area contributed by atoms with Crippen LogP contribution in [0.15, 0.2) is 11.8 Å². The molecule has 1 nitrogen and oxygen atoms in total. The molecule has 0 amide bonds. The van der Waals surface area contributed by atoms with E-state index in [2.05, 4.69) is 38.8 Å². The van der Waals surface area contributed by atoms with Crippen molar-refractivity contribution in [3.8, 4) is 0 Å². The van der Waals surface area contributed by atoms with Gasteiger partial charge in [0, 0.05) is 12.6 Å². The minimum Gasteiger partial charge on any atom is -0.374 e. The van der Waals surface area contributed by atoms with E-state index >= 15 is 0 Å². The second-order valence-electron chi connectivity index (χ2n) is 5.11. The topological polar surface area (TPSA) is 3.24 Å². The molecular formula is C15H29N. The zero-order chi connectivity index (χ0) is 12.0. The number of hydrogen-bond donors (Lipinski definition) is 0. The molecule has 0 aromatic carbocycles. The molecule has 2 unspecified atom stereocenters. The summed E-state index contributed by atoms with van der Waals surface area (Å²) in [5, 5.41) is 0. The molecule has 94 valence electrons. The zero-order valence-corrected chi connectivity index (χ0v) is 11.6. The van der Waals surface area contributed by atoms with E-state index in [-0.39, 0.29) is 0 Å². The summed E-state index contributed by atoms with van der Waals surface area (Å²) in [5.74, 6) is 0.895. The average molecular weight is 223 g/mol. The fourth-order valence-corrected chi connectivity index (χ4v) is 2.96. The normalized spacial score (nSPS) is 25.8. The second kappa shape index (κ2) is 6.98. The van der Waals surface area contributed by atoms with Crippen LogP contribution in [0, 0.1) is 5.92 Å². The van der Waals surface area contributed by atoms with E-state index in [1.165, 1.54) is 45.1 Å². The Morgan fingerprint density at radius 2 is 1.94 bits per heavy atom. The van der Waals surface area contributed by atoms with Crippen molar-refractivity contribution in [2.45, 2.75) is 72.3 Å². The molecule has 1 aliphatic rings. The SMILES string of the molecule is CCCC1C(CC)CC(CC)=CN1CCC. The third-order valence-corrected chi connectivity index (χ3v) is 3.89. The van der Waals surface area contributed by atoms with Gasteiger partial charge in [0.25, 0.3) is 0 Å². The first-order chi connectivity index (χ1) is 7.76. The Kier molecular flexibility index (Phi) is 5.94. The molecule has 1 heterocycles. The van der Waals surface area contributed by atoms with E-state index in [1.54, 1.807) is 5.57 Å². The number of nitrogens with zero attached hydrogens (tertiary/aromatic N) is 1. The van der Waals surface area contributed by atoms with E-state index in [4.69, 9.17) is 0 Å². The van der Waals surface area contributed by atoms with Crippen molar-refractivity contribution in [2.75, 3.05) is 6.54 Å². The summed E-state index contributed by atoms with van der Waals surface area (Å²) in [6.45, 7) is 10.5. The first-order valence-electron chi connectivity index (χ1n) is 7.21. The summed E-state index contributed by atoms with van der Waals surface area (Å²) in [4.78, 5) is 2.64. The molecular weight excluding hydrogens is 194 g/mol. The molecule has 16 heavy (non-hydrogen) atoms. The molecule has 2 atom stereocenters. The van der Waals surface area contributed by atoms with Gasteiger partial charge >= 0.3 is 0 Å². The fraction of sp³-hybridized carbons (Fsp3) is 0.867. The zero-order valence-electron chi connectivity index (χ0n) is 11.6. The number of allylic oxidation sites excluding steroid dienone is 1. The van der Waals surface area contributed by atoms with Crippen LogP contribution in [-0.4, -0.2) is 17.5 Å². The Morgan fingerprint density at radius 1 is 1.19 bits per heavy atom. The van der Waals surface area contributed by atoms with Crippen LogP contribution in [-0.2, 0) is 0 Å². The Balaban J connectivity index is 2.78. The van der Waals surface area contributed by atoms with Crippen molar-refractivity contribution < 1.29 is 0 Å². The molecule has 0 saturated carbocycles. The maximum Gasteiger partial charge on any atom is 0.0315 e. The highest BCUT2D eigenvalue weighted by Crippen LogP contribution is 2.32. The summed E-state index contributed by atoms with van der Waals surface area (Å²) in [5.41, 5.74) is 1.66. The monoisotopic (exact) mass is 223 g/mol. The van der Waals surface area contributed by atoms with Gasteiger partial charge in [0.2, 0.25) is 0 Å². The smallest absolute Gasteiger partial charge is 0.0315 e. The Bertz CT molecular complexity index is 219. The van der Waals surface area contributed by atoms with Gasteiger partial charge in [0.05, 0.1) is 0 Å². The lowest BCUT2D eigenvalue weighted by atomic mass is 9.83. The molecule has 1 aliphatic heterocycles. The summed E-state index contributed by atoms with van der Waals surface area (Å²) in [7, 11) is 0. The van der Waals surface area contributed by atoms with Crippen molar-refractivity contribution in [1.29, 1.82) is 0 Å². The van der Waals surface area contributed by atoms with E-state index < -0.39 is 0 Å². The summed E-state index contributed by atoms with van der Waals surface area (Å²) >= 11 is 0. The van der Waals surface area contributed by atoms with Crippen molar-refractivity contribution in [3.63, 3.8) is 0 Å². The van der Waals surface area contributed by atoms with Crippen LogP contribution in [0.1, 0.15) is 66.2 Å². The molecule has 0 aliphatic carbocycles. The Labute approximate surface area is 102 Å². The van der Waals surface area contributed by atoms with Crippen molar-refractivity contribution in [3.05, 3.63) is 11.8 Å². The number of rotatable bonds is 6. The van der Waals surface area contributed by atoms with Gasteiger partial charge in [-0.15, -0.1) is 0 Å². The van der Waals surface area contributed by atoms with Crippen LogP contribution in [0.4, 0.5) is 0 Å². The van der Waals surface area contributed by atoms with E-state index in [0.29, 0.717) is 0 Å². The number of hydrogen-bond acceptors (Lipinski definition) is 1. The van der Waals surface area contributed by atoms with Crippen LogP contribution in [0.25, 0.3) is 0 Å². The maximum atomic E-state index is 2.64. The summed E-state index contributed by atoms with van der Waals surface area (Å²) < 4.78 is 0. The van der Waals surface area contributed by atoms with E-state index in [0.717, 1.165) is 12.0 Å². The molecule has 0 radical (unpaired) electrons. The van der Waals surface area contributed by atoms with Gasteiger partial charge < -0.3 is 4.90 Å². The van der Waals surface area contributed by atoms with Gasteiger partial charge in [-0.3, -0.25) is 0 Å². The molecule has 0 saturated heterocycles. The van der Waals surface area contributed by atoms with Crippen LogP contribution < -0.4 is 0 Å². The Hall–Kier alpha value is -0.460. The van der Waals surface area contributed by atoms with Crippen LogP contribution >= 0.6 is 0 Å². The van der Waals surface area contributed by atoms with E-state index in [9.17, 15) is 0 Å². The highest BCUT2D eigenvalue weighted by Gasteiger charge is 2.28. The largest absolute Gasteiger partial charge is 0.374 e. The fourth-order valence-electron chi connectivity index (χ4n) is 2.96. The molecule has 1 heteroatoms. The molecule has 0 spiro atoms. The standard InChI is InChI=1S/C15H29N/c1-5-9-15-14(8-4)11-13(7-3)12-16(15)10-6-2/h12,14-15H,5-11H2,1-4H3. The minimum atomic E-state index is 0.810. The molecule has 0 aromatic heterocycles. The quantitative estimate of drug-likeness (QED) is 0.636. The highest BCUT2D eigenvalue weighted by molar-refractivity contribution is 5.09. The summed E-state index contributed by atoms with van der Waals surface area (Å²) in [6, 6.07) is 0.810. The third kappa shape index (κ3) is 3.26. The molecule has 0 aromatic rings. The summed E-state index contributed by atoms with van der Waals surface area (Å²) in [6.07, 6.45) is 10.3. The predicted octanol–water partition coefficient (Wildman–Crippen LogP) is 4.59. The minimum absolute atomic E-state index is 0.810. The van der Waals surface area contributed by atoms with Gasteiger partial charge in [-0.1, -0.05) is 46.1 Å². The van der Waals surface area contributed by atoms with Gasteiger partial charge in [-0.25, -0.2) is 0 Å². The van der Waals surface area contributed by atoms with Crippen LogP contribution in [0.5, 0.6) is 0 Å². The van der Waals surface area contributed by atoms with Crippen molar-refractivity contribution in [2.24, 2.45) is 5.92 Å². The first kappa shape index (κ1) is 13.6. The average Bonchev–Trinajstić information content (AvgIpc) is 2.31. The molecule has 0 fully saturated rings. The van der Waals surface area contributed by atoms with Crippen LogP contribution in [0.2, 0.25) is 0 Å². The van der Waals surface area contributed by atoms with E-state index in [1.807, 2.05) is 0 Å². The molecule has 0 N–H and O–H groups in total. The predicted molar refractivity (Wildman–Crippen MR) is 72.5 cm³/mol. The second-order valence-corrected chi connectivity index (χ2v) is 5.11. The highest BCUT2D eigenvalue weighted by atomic mass is 15.1. The lowest BCUT2D eigenvalue weighted by Gasteiger charge is -2.41. The lowest BCUT2D eigenvalue weighted by Crippen LogP contribution is -2.40. The van der Waals surface area contributed by atoms with Crippen LogP contribution in [0.3, 0.4) is 0 Å². The molecule has 0 bridgehead atoms. The lowest BCUT2D eigenvalue weighted by molar-refractivity contribution is 0.162. The van der Waals surface area contributed by atoms with Gasteiger partial charge in [0.15, 0.2) is 0 Å². The van der Waals surface area contributed by atoms with Crippen molar-refractivity contribution >= 4 is 0 Å². The van der Waals surface area contributed by atoms with Gasteiger partial charge in [-0.05, 0) is 37.8 Å². The third-order valence-electron chi connectivity index (χ3n) is 3.89. The maximum absolute atomic E-state index is 2.64.